The lowest BCUT2D eigenvalue weighted by molar-refractivity contribution is 0.354. The van der Waals surface area contributed by atoms with Crippen LogP contribution in [0.3, 0.4) is 0 Å². The Bertz CT molecular complexity index is 2760. The maximum absolute atomic E-state index is 13.5. The van der Waals surface area contributed by atoms with Gasteiger partial charge in [-0.3, -0.25) is 0 Å². The van der Waals surface area contributed by atoms with Gasteiger partial charge < -0.3 is 28.7 Å². The minimum absolute atomic E-state index is 0.0163. The fourth-order valence-corrected chi connectivity index (χ4v) is 11.9. The zero-order valence-electron chi connectivity index (χ0n) is 35.6. The number of hydrogen-bond donors (Lipinski definition) is 0. The number of anilines is 2. The van der Waals surface area contributed by atoms with Crippen molar-refractivity contribution in [3.05, 3.63) is 130 Å². The highest BCUT2D eigenvalue weighted by Gasteiger charge is 2.31. The molecule has 4 aromatic carbocycles. The van der Waals surface area contributed by atoms with Gasteiger partial charge >= 0.3 is 0 Å². The molecule has 64 heavy (non-hydrogen) atoms. The Hall–Kier alpha value is -5.38. The first-order valence-corrected chi connectivity index (χ1v) is 24.8. The normalized spacial score (nSPS) is 15.0. The van der Waals surface area contributed by atoms with Crippen LogP contribution in [0.5, 0.6) is 23.0 Å². The van der Waals surface area contributed by atoms with E-state index in [1.54, 1.807) is 39.8 Å². The topological polar surface area (TPSA) is 144 Å². The number of ether oxygens (including phenoxy) is 4. The maximum atomic E-state index is 13.5. The lowest BCUT2D eigenvalue weighted by Gasteiger charge is -2.33. The molecule has 0 unspecified atom stereocenters. The molecule has 2 aliphatic heterocycles. The average Bonchev–Trinajstić information content (AvgIpc) is 3.99. The number of piperazine rings is 2. The Balaban J connectivity index is 0.000000191. The molecule has 6 aromatic rings. The number of hydrogen-bond acceptors (Lipinski definition) is 14. The number of sulfonamides is 2. The zero-order valence-corrected chi connectivity index (χ0v) is 38.9. The number of benzene rings is 4. The quantitative estimate of drug-likeness (QED) is 0.113. The van der Waals surface area contributed by atoms with Gasteiger partial charge in [0.05, 0.1) is 49.6 Å². The highest BCUT2D eigenvalue weighted by molar-refractivity contribution is 7.89. The molecule has 0 amide bonds. The Labute approximate surface area is 380 Å². The molecule has 0 saturated carbocycles. The van der Waals surface area contributed by atoms with Crippen LogP contribution >= 0.6 is 22.7 Å². The van der Waals surface area contributed by atoms with E-state index < -0.39 is 31.7 Å². The summed E-state index contributed by atoms with van der Waals surface area (Å²) >= 11 is 3.07. The summed E-state index contributed by atoms with van der Waals surface area (Å²) in [6.07, 6.45) is 1.26. The van der Waals surface area contributed by atoms with Crippen LogP contribution in [0.25, 0.3) is 0 Å². The zero-order chi connectivity index (χ0) is 45.4. The third-order valence-corrected chi connectivity index (χ3v) is 16.3. The van der Waals surface area contributed by atoms with Gasteiger partial charge in [0.2, 0.25) is 20.0 Å². The Morgan fingerprint density at radius 3 is 1.50 bits per heavy atom. The van der Waals surface area contributed by atoms with Gasteiger partial charge in [0.25, 0.3) is 0 Å². The molecule has 2 fully saturated rings. The second-order valence-corrected chi connectivity index (χ2v) is 20.2. The van der Waals surface area contributed by atoms with Crippen molar-refractivity contribution in [1.82, 2.24) is 18.6 Å². The number of rotatable bonds is 14. The Morgan fingerprint density at radius 1 is 0.547 bits per heavy atom. The Morgan fingerprint density at radius 2 is 1.03 bits per heavy atom. The molecule has 0 spiro atoms. The number of thiazole rings is 2. The predicted octanol–water partition coefficient (Wildman–Crippen LogP) is 6.80. The standard InChI is InChI=1S/2C22H24FN3O4S2/c1-29-19-6-7-21(30-2)16(13-19)12-18-15-31-22(24-18)25-8-10-26(11-9-25)32(27,28)20-5-3-4-17(23)14-20;1-29-20-7-6-16(13-21(20)30-2)12-18-15-31-22(24-18)25-8-10-26(11-9-25)32(27,28)19-5-3-4-17(23)14-19/h2*3-7,13-15H,8-12H2,1-2H3. The van der Waals surface area contributed by atoms with Gasteiger partial charge in [-0.05, 0) is 72.3 Å². The smallest absolute Gasteiger partial charge is 0.243 e. The highest BCUT2D eigenvalue weighted by Crippen LogP contribution is 2.32. The summed E-state index contributed by atoms with van der Waals surface area (Å²) in [5.74, 6) is 1.77. The first-order valence-electron chi connectivity index (χ1n) is 20.1. The van der Waals surface area contributed by atoms with Crippen LogP contribution in [-0.2, 0) is 32.9 Å². The van der Waals surface area contributed by atoms with Crippen LogP contribution in [0.15, 0.2) is 105 Å². The molecule has 0 radical (unpaired) electrons. The van der Waals surface area contributed by atoms with Crippen LogP contribution in [0.1, 0.15) is 22.5 Å². The molecule has 8 rings (SSSR count). The fraction of sp³-hybridized carbons (Fsp3) is 0.318. The van der Waals surface area contributed by atoms with Crippen molar-refractivity contribution in [2.75, 3.05) is 90.6 Å². The van der Waals surface area contributed by atoms with Crippen molar-refractivity contribution in [3.63, 3.8) is 0 Å². The van der Waals surface area contributed by atoms with Crippen LogP contribution in [0, 0.1) is 11.6 Å². The predicted molar refractivity (Wildman–Crippen MR) is 244 cm³/mol. The third-order valence-electron chi connectivity index (χ3n) is 10.7. The maximum Gasteiger partial charge on any atom is 0.243 e. The molecule has 0 N–H and O–H groups in total. The van der Waals surface area contributed by atoms with E-state index >= 15 is 0 Å². The molecule has 0 bridgehead atoms. The van der Waals surface area contributed by atoms with Crippen molar-refractivity contribution in [3.8, 4) is 23.0 Å². The molecule has 340 valence electrons. The van der Waals surface area contributed by atoms with E-state index in [0.29, 0.717) is 76.7 Å². The molecule has 0 atom stereocenters. The molecule has 2 saturated heterocycles. The molecule has 2 aliphatic rings. The Kier molecular flexibility index (Phi) is 15.0. The van der Waals surface area contributed by atoms with E-state index in [1.165, 1.54) is 56.3 Å². The van der Waals surface area contributed by atoms with Crippen molar-refractivity contribution in [2.24, 2.45) is 0 Å². The van der Waals surface area contributed by atoms with Gasteiger partial charge in [-0.1, -0.05) is 18.2 Å². The van der Waals surface area contributed by atoms with Crippen LogP contribution in [-0.4, -0.2) is 116 Å². The molecule has 2 aromatic heterocycles. The lowest BCUT2D eigenvalue weighted by Crippen LogP contribution is -2.48. The van der Waals surface area contributed by atoms with Gasteiger partial charge in [0.1, 0.15) is 23.1 Å². The van der Waals surface area contributed by atoms with Crippen molar-refractivity contribution < 1.29 is 44.6 Å². The molecule has 0 aliphatic carbocycles. The van der Waals surface area contributed by atoms with E-state index in [-0.39, 0.29) is 9.79 Å². The number of nitrogens with zero attached hydrogens (tertiary/aromatic N) is 6. The van der Waals surface area contributed by atoms with Crippen molar-refractivity contribution in [1.29, 1.82) is 0 Å². The summed E-state index contributed by atoms with van der Waals surface area (Å²) in [6.45, 7) is 3.37. The second-order valence-electron chi connectivity index (χ2n) is 14.7. The summed E-state index contributed by atoms with van der Waals surface area (Å²) in [7, 11) is -0.954. The lowest BCUT2D eigenvalue weighted by atomic mass is 10.1. The average molecular weight is 955 g/mol. The first-order chi connectivity index (χ1) is 30.8. The number of halogens is 2. The first kappa shape index (κ1) is 46.6. The minimum atomic E-state index is -3.72. The summed E-state index contributed by atoms with van der Waals surface area (Å²) in [6, 6.07) is 21.7. The molecule has 14 nitrogen and oxygen atoms in total. The second kappa shape index (κ2) is 20.6. The largest absolute Gasteiger partial charge is 0.497 e. The van der Waals surface area contributed by atoms with Crippen molar-refractivity contribution in [2.45, 2.75) is 22.6 Å². The summed E-state index contributed by atoms with van der Waals surface area (Å²) in [4.78, 5) is 13.6. The van der Waals surface area contributed by atoms with E-state index in [0.717, 1.165) is 56.4 Å². The van der Waals surface area contributed by atoms with Gasteiger partial charge in [-0.2, -0.15) is 8.61 Å². The highest BCUT2D eigenvalue weighted by atomic mass is 32.2. The van der Waals surface area contributed by atoms with Gasteiger partial charge in [0, 0.05) is 81.5 Å². The van der Waals surface area contributed by atoms with E-state index in [9.17, 15) is 25.6 Å². The van der Waals surface area contributed by atoms with E-state index in [2.05, 4.69) is 9.80 Å². The monoisotopic (exact) mass is 954 g/mol. The van der Waals surface area contributed by atoms with Gasteiger partial charge in [-0.15, -0.1) is 22.7 Å². The van der Waals surface area contributed by atoms with Crippen molar-refractivity contribution >= 4 is 53.0 Å². The van der Waals surface area contributed by atoms with Crippen LogP contribution < -0.4 is 28.7 Å². The van der Waals surface area contributed by atoms with Crippen LogP contribution in [0.4, 0.5) is 19.0 Å². The summed E-state index contributed by atoms with van der Waals surface area (Å²) in [5.41, 5.74) is 3.89. The third kappa shape index (κ3) is 10.9. The molecular formula is C44H48F2N6O8S4. The van der Waals surface area contributed by atoms with Crippen LogP contribution in [0.2, 0.25) is 0 Å². The SMILES string of the molecule is COc1ccc(Cc2csc(N3CCN(S(=O)(=O)c4cccc(F)c4)CC3)n2)cc1OC.COc1ccc(OC)c(Cc2csc(N3CCN(S(=O)(=O)c4cccc(F)c4)CC3)n2)c1. The summed E-state index contributed by atoms with van der Waals surface area (Å²) < 4.78 is 102. The van der Waals surface area contributed by atoms with E-state index in [1.807, 2.05) is 47.2 Å². The molecule has 4 heterocycles. The molecular weight excluding hydrogens is 907 g/mol. The fourth-order valence-electron chi connectivity index (χ4n) is 7.25. The molecule has 20 heteroatoms. The van der Waals surface area contributed by atoms with E-state index in [4.69, 9.17) is 28.9 Å². The number of methoxy groups -OCH3 is 4. The van der Waals surface area contributed by atoms with Gasteiger partial charge in [0.15, 0.2) is 21.8 Å². The number of aromatic nitrogens is 2. The minimum Gasteiger partial charge on any atom is -0.497 e. The summed E-state index contributed by atoms with van der Waals surface area (Å²) in [5, 5.41) is 5.74. The van der Waals surface area contributed by atoms with Gasteiger partial charge in [-0.25, -0.2) is 35.6 Å².